The first-order valence-corrected chi connectivity index (χ1v) is 6.97. The third kappa shape index (κ3) is 3.23. The highest BCUT2D eigenvalue weighted by Crippen LogP contribution is 2.37. The number of rotatable bonds is 6. The van der Waals surface area contributed by atoms with Gasteiger partial charge in [0.15, 0.2) is 11.5 Å². The van der Waals surface area contributed by atoms with E-state index in [0.29, 0.717) is 13.2 Å². The van der Waals surface area contributed by atoms with Crippen LogP contribution in [0, 0.1) is 6.92 Å². The summed E-state index contributed by atoms with van der Waals surface area (Å²) < 4.78 is 11.4. The first kappa shape index (κ1) is 14.3. The van der Waals surface area contributed by atoms with E-state index in [1.807, 2.05) is 44.2 Å². The van der Waals surface area contributed by atoms with Crippen molar-refractivity contribution in [2.24, 2.45) is 0 Å². The van der Waals surface area contributed by atoms with E-state index in [2.05, 4.69) is 24.4 Å². The Labute approximate surface area is 120 Å². The quantitative estimate of drug-likeness (QED) is 0.837. The predicted molar refractivity (Wildman–Crippen MR) is 83.2 cm³/mol. The fourth-order valence-electron chi connectivity index (χ4n) is 2.03. The zero-order valence-electron chi connectivity index (χ0n) is 12.3. The Bertz CT molecular complexity index is 567. The number of hydrogen-bond donors (Lipinski definition) is 1. The molecule has 0 saturated heterocycles. The Balaban J connectivity index is 2.35. The number of anilines is 2. The fraction of sp³-hybridized carbons (Fsp3) is 0.294. The molecule has 20 heavy (non-hydrogen) atoms. The molecule has 0 bridgehead atoms. The van der Waals surface area contributed by atoms with Gasteiger partial charge in [-0.1, -0.05) is 24.3 Å². The van der Waals surface area contributed by atoms with Gasteiger partial charge >= 0.3 is 0 Å². The molecule has 2 aromatic carbocycles. The fourth-order valence-corrected chi connectivity index (χ4v) is 2.03. The molecule has 0 spiro atoms. The Hall–Kier alpha value is -2.16. The van der Waals surface area contributed by atoms with Gasteiger partial charge in [-0.15, -0.1) is 0 Å². The molecule has 2 aromatic rings. The van der Waals surface area contributed by atoms with Crippen molar-refractivity contribution >= 4 is 11.4 Å². The van der Waals surface area contributed by atoms with Crippen LogP contribution in [0.15, 0.2) is 42.5 Å². The largest absolute Gasteiger partial charge is 0.490 e. The van der Waals surface area contributed by atoms with Crippen LogP contribution in [0.4, 0.5) is 11.4 Å². The number of nitrogens with one attached hydrogen (secondary N) is 1. The molecule has 0 amide bonds. The summed E-state index contributed by atoms with van der Waals surface area (Å²) in [5.74, 6) is 1.54. The maximum absolute atomic E-state index is 5.75. The highest BCUT2D eigenvalue weighted by molar-refractivity contribution is 5.71. The second kappa shape index (κ2) is 6.85. The van der Waals surface area contributed by atoms with Crippen molar-refractivity contribution in [2.75, 3.05) is 18.5 Å². The van der Waals surface area contributed by atoms with E-state index < -0.39 is 0 Å². The van der Waals surface area contributed by atoms with Crippen LogP contribution in [0.1, 0.15) is 19.4 Å². The summed E-state index contributed by atoms with van der Waals surface area (Å²) in [6.45, 7) is 7.24. The molecule has 0 radical (unpaired) electrons. The number of aryl methyl sites for hydroxylation is 1. The summed E-state index contributed by atoms with van der Waals surface area (Å²) in [5, 5.41) is 3.42. The van der Waals surface area contributed by atoms with Gasteiger partial charge in [0.1, 0.15) is 0 Å². The summed E-state index contributed by atoms with van der Waals surface area (Å²) in [6, 6.07) is 14.1. The van der Waals surface area contributed by atoms with Crippen LogP contribution in [0.3, 0.4) is 0 Å². The van der Waals surface area contributed by atoms with E-state index in [4.69, 9.17) is 9.47 Å². The molecule has 0 fully saturated rings. The summed E-state index contributed by atoms with van der Waals surface area (Å²) in [5.41, 5.74) is 3.19. The molecular weight excluding hydrogens is 250 g/mol. The van der Waals surface area contributed by atoms with Crippen LogP contribution in [-0.2, 0) is 0 Å². The molecule has 0 aliphatic heterocycles. The molecule has 0 atom stereocenters. The molecule has 2 rings (SSSR count). The van der Waals surface area contributed by atoms with Crippen molar-refractivity contribution in [1.29, 1.82) is 0 Å². The summed E-state index contributed by atoms with van der Waals surface area (Å²) >= 11 is 0. The molecule has 3 heteroatoms. The van der Waals surface area contributed by atoms with E-state index in [1.54, 1.807) is 0 Å². The van der Waals surface area contributed by atoms with Gasteiger partial charge in [0.25, 0.3) is 0 Å². The predicted octanol–water partition coefficient (Wildman–Crippen LogP) is 4.54. The average molecular weight is 271 g/mol. The lowest BCUT2D eigenvalue weighted by molar-refractivity contribution is 0.289. The van der Waals surface area contributed by atoms with E-state index >= 15 is 0 Å². The summed E-state index contributed by atoms with van der Waals surface area (Å²) in [7, 11) is 0. The molecule has 1 N–H and O–H groups in total. The highest BCUT2D eigenvalue weighted by Gasteiger charge is 2.11. The van der Waals surface area contributed by atoms with E-state index in [1.165, 1.54) is 5.56 Å². The number of hydrogen-bond acceptors (Lipinski definition) is 3. The Kier molecular flexibility index (Phi) is 4.88. The highest BCUT2D eigenvalue weighted by atomic mass is 16.5. The van der Waals surface area contributed by atoms with Gasteiger partial charge in [-0.3, -0.25) is 0 Å². The standard InChI is InChI=1S/C17H21NO2/c1-4-19-16-12-8-11-15(17(16)20-5-2)18-14-10-7-6-9-13(14)3/h6-12,18H,4-5H2,1-3H3. The van der Waals surface area contributed by atoms with Crippen molar-refractivity contribution in [1.82, 2.24) is 0 Å². The Morgan fingerprint density at radius 1 is 0.850 bits per heavy atom. The number of benzene rings is 2. The van der Waals surface area contributed by atoms with Crippen LogP contribution in [0.5, 0.6) is 11.5 Å². The lowest BCUT2D eigenvalue weighted by atomic mass is 10.2. The normalized spacial score (nSPS) is 10.2. The average Bonchev–Trinajstić information content (AvgIpc) is 2.45. The lowest BCUT2D eigenvalue weighted by Gasteiger charge is -2.17. The minimum Gasteiger partial charge on any atom is -0.490 e. The zero-order chi connectivity index (χ0) is 14.4. The van der Waals surface area contributed by atoms with Crippen molar-refractivity contribution in [3.8, 4) is 11.5 Å². The van der Waals surface area contributed by atoms with Crippen molar-refractivity contribution in [3.05, 3.63) is 48.0 Å². The maximum atomic E-state index is 5.75. The first-order chi connectivity index (χ1) is 9.76. The van der Waals surface area contributed by atoms with E-state index in [-0.39, 0.29) is 0 Å². The summed E-state index contributed by atoms with van der Waals surface area (Å²) in [6.07, 6.45) is 0. The van der Waals surface area contributed by atoms with Gasteiger partial charge in [-0.05, 0) is 44.5 Å². The Morgan fingerprint density at radius 3 is 2.25 bits per heavy atom. The molecule has 0 heterocycles. The maximum Gasteiger partial charge on any atom is 0.184 e. The third-order valence-electron chi connectivity index (χ3n) is 2.98. The van der Waals surface area contributed by atoms with Crippen molar-refractivity contribution < 1.29 is 9.47 Å². The van der Waals surface area contributed by atoms with Crippen LogP contribution < -0.4 is 14.8 Å². The first-order valence-electron chi connectivity index (χ1n) is 6.97. The van der Waals surface area contributed by atoms with Gasteiger partial charge in [-0.2, -0.15) is 0 Å². The monoisotopic (exact) mass is 271 g/mol. The minimum absolute atomic E-state index is 0.604. The molecular formula is C17H21NO2. The topological polar surface area (TPSA) is 30.5 Å². The van der Waals surface area contributed by atoms with Gasteiger partial charge in [0, 0.05) is 5.69 Å². The second-order valence-corrected chi connectivity index (χ2v) is 4.44. The SMILES string of the molecule is CCOc1cccc(Nc2ccccc2C)c1OCC. The smallest absolute Gasteiger partial charge is 0.184 e. The Morgan fingerprint density at radius 2 is 1.55 bits per heavy atom. The number of para-hydroxylation sites is 2. The second-order valence-electron chi connectivity index (χ2n) is 4.44. The molecule has 0 aromatic heterocycles. The van der Waals surface area contributed by atoms with Gasteiger partial charge in [0.05, 0.1) is 18.9 Å². The summed E-state index contributed by atoms with van der Waals surface area (Å²) in [4.78, 5) is 0. The third-order valence-corrected chi connectivity index (χ3v) is 2.98. The molecule has 0 saturated carbocycles. The molecule has 0 aliphatic carbocycles. The lowest BCUT2D eigenvalue weighted by Crippen LogP contribution is -2.02. The van der Waals surface area contributed by atoms with Crippen LogP contribution in [0.25, 0.3) is 0 Å². The molecule has 0 unspecified atom stereocenters. The van der Waals surface area contributed by atoms with Crippen LogP contribution in [-0.4, -0.2) is 13.2 Å². The molecule has 0 aliphatic rings. The van der Waals surface area contributed by atoms with Gasteiger partial charge in [-0.25, -0.2) is 0 Å². The van der Waals surface area contributed by atoms with Crippen molar-refractivity contribution in [2.45, 2.75) is 20.8 Å². The van der Waals surface area contributed by atoms with Gasteiger partial charge < -0.3 is 14.8 Å². The van der Waals surface area contributed by atoms with Gasteiger partial charge in [0.2, 0.25) is 0 Å². The van der Waals surface area contributed by atoms with Crippen LogP contribution >= 0.6 is 0 Å². The van der Waals surface area contributed by atoms with E-state index in [0.717, 1.165) is 22.9 Å². The van der Waals surface area contributed by atoms with E-state index in [9.17, 15) is 0 Å². The molecule has 106 valence electrons. The van der Waals surface area contributed by atoms with Crippen LogP contribution in [0.2, 0.25) is 0 Å². The van der Waals surface area contributed by atoms with Crippen molar-refractivity contribution in [3.63, 3.8) is 0 Å². The zero-order valence-corrected chi connectivity index (χ0v) is 12.3. The molecule has 3 nitrogen and oxygen atoms in total. The number of ether oxygens (including phenoxy) is 2. The minimum atomic E-state index is 0.604.